The number of nitrogens with zero attached hydrogens (tertiary/aromatic N) is 2. The summed E-state index contributed by atoms with van der Waals surface area (Å²) in [6.45, 7) is 4.17. The maximum atomic E-state index is 14.2. The van der Waals surface area contributed by atoms with Gasteiger partial charge in [0.25, 0.3) is 5.56 Å². The number of hydrogen-bond donors (Lipinski definition) is 0. The van der Waals surface area contributed by atoms with Crippen LogP contribution in [0.2, 0.25) is 0 Å². The number of thiazole rings is 1. The molecule has 1 aliphatic rings. The Morgan fingerprint density at radius 1 is 1.02 bits per heavy atom. The third kappa shape index (κ3) is 5.60. The van der Waals surface area contributed by atoms with E-state index >= 15 is 0 Å². The maximum Gasteiger partial charge on any atom is 0.338 e. The number of benzene rings is 4. The number of fused-ring (bicyclic) bond motifs is 2. The van der Waals surface area contributed by atoms with E-state index in [9.17, 15) is 9.59 Å². The molecule has 7 nitrogen and oxygen atoms in total. The van der Waals surface area contributed by atoms with Gasteiger partial charge in [-0.3, -0.25) is 9.36 Å². The van der Waals surface area contributed by atoms with E-state index in [0.717, 1.165) is 26.4 Å². The Hall–Kier alpha value is -4.47. The smallest absolute Gasteiger partial charge is 0.338 e. The first-order valence-electron chi connectivity index (χ1n) is 14.1. The molecular formula is C35H29BrN2O5S. The fraction of sp³-hybridized carbons (Fsp3) is 0.171. The molecule has 0 fully saturated rings. The highest BCUT2D eigenvalue weighted by Crippen LogP contribution is 2.40. The lowest BCUT2D eigenvalue weighted by Crippen LogP contribution is -2.40. The molecule has 0 saturated carbocycles. The topological polar surface area (TPSA) is 79.1 Å². The number of methoxy groups -OCH3 is 1. The molecule has 0 unspecified atom stereocenters. The number of esters is 1. The van der Waals surface area contributed by atoms with Gasteiger partial charge in [0.05, 0.1) is 34.0 Å². The number of halogens is 1. The van der Waals surface area contributed by atoms with Gasteiger partial charge >= 0.3 is 5.97 Å². The van der Waals surface area contributed by atoms with Crippen LogP contribution in [0, 0.1) is 0 Å². The van der Waals surface area contributed by atoms with Gasteiger partial charge in [-0.05, 0) is 76.0 Å². The number of allylic oxidation sites excluding steroid dienone is 1. The third-order valence-electron chi connectivity index (χ3n) is 7.43. The minimum Gasteiger partial charge on any atom is -0.496 e. The lowest BCUT2D eigenvalue weighted by atomic mass is 9.90. The third-order valence-corrected chi connectivity index (χ3v) is 9.03. The molecule has 0 spiro atoms. The van der Waals surface area contributed by atoms with E-state index in [4.69, 9.17) is 19.2 Å². The van der Waals surface area contributed by atoms with Gasteiger partial charge in [0.1, 0.15) is 24.1 Å². The van der Waals surface area contributed by atoms with Crippen LogP contribution in [0.4, 0.5) is 0 Å². The first-order valence-corrected chi connectivity index (χ1v) is 15.7. The fourth-order valence-electron chi connectivity index (χ4n) is 5.41. The average Bonchev–Trinajstić information content (AvgIpc) is 3.33. The molecule has 0 amide bonds. The molecule has 1 aliphatic heterocycles. The van der Waals surface area contributed by atoms with Crippen LogP contribution < -0.4 is 24.4 Å². The van der Waals surface area contributed by atoms with Crippen molar-refractivity contribution in [2.45, 2.75) is 26.5 Å². The van der Waals surface area contributed by atoms with Crippen molar-refractivity contribution in [1.29, 1.82) is 0 Å². The molecule has 9 heteroatoms. The van der Waals surface area contributed by atoms with Gasteiger partial charge in [-0.15, -0.1) is 0 Å². The van der Waals surface area contributed by atoms with Crippen LogP contribution in [0.5, 0.6) is 11.5 Å². The average molecular weight is 670 g/mol. The van der Waals surface area contributed by atoms with Crippen LogP contribution in [-0.4, -0.2) is 24.3 Å². The second kappa shape index (κ2) is 12.6. The summed E-state index contributed by atoms with van der Waals surface area (Å²) in [5, 5.41) is 1.83. The highest BCUT2D eigenvalue weighted by atomic mass is 79.9. The zero-order valence-corrected chi connectivity index (χ0v) is 26.8. The summed E-state index contributed by atoms with van der Waals surface area (Å²) in [5.74, 6) is 0.748. The summed E-state index contributed by atoms with van der Waals surface area (Å²) in [5.41, 5.74) is 3.14. The summed E-state index contributed by atoms with van der Waals surface area (Å²) < 4.78 is 20.1. The first-order chi connectivity index (χ1) is 21.4. The van der Waals surface area contributed by atoms with Gasteiger partial charge < -0.3 is 14.2 Å². The number of carbonyl (C=O) groups excluding carboxylic acids is 1. The van der Waals surface area contributed by atoms with Crippen molar-refractivity contribution in [3.63, 3.8) is 0 Å². The van der Waals surface area contributed by atoms with Crippen molar-refractivity contribution in [1.82, 2.24) is 4.57 Å². The number of aromatic nitrogens is 1. The van der Waals surface area contributed by atoms with Gasteiger partial charge in [0, 0.05) is 5.56 Å². The zero-order valence-electron chi connectivity index (χ0n) is 24.4. The van der Waals surface area contributed by atoms with Gasteiger partial charge in [-0.1, -0.05) is 78.1 Å². The molecule has 6 rings (SSSR count). The Balaban J connectivity index is 1.48. The Bertz CT molecular complexity index is 2100. The summed E-state index contributed by atoms with van der Waals surface area (Å²) >= 11 is 4.90. The number of carbonyl (C=O) groups is 1. The predicted molar refractivity (Wildman–Crippen MR) is 176 cm³/mol. The molecule has 5 aromatic rings. The summed E-state index contributed by atoms with van der Waals surface area (Å²) in [6, 6.07) is 26.5. The van der Waals surface area contributed by atoms with Gasteiger partial charge in [-0.2, -0.15) is 0 Å². The van der Waals surface area contributed by atoms with Crippen LogP contribution in [0.25, 0.3) is 16.8 Å². The Labute approximate surface area is 266 Å². The van der Waals surface area contributed by atoms with Crippen LogP contribution in [-0.2, 0) is 16.1 Å². The van der Waals surface area contributed by atoms with E-state index in [1.165, 1.54) is 11.3 Å². The summed E-state index contributed by atoms with van der Waals surface area (Å²) in [4.78, 5) is 32.9. The van der Waals surface area contributed by atoms with E-state index in [1.807, 2.05) is 91.0 Å². The van der Waals surface area contributed by atoms with E-state index in [-0.39, 0.29) is 12.2 Å². The second-order valence-electron chi connectivity index (χ2n) is 10.2. The lowest BCUT2D eigenvalue weighted by molar-refractivity contribution is -0.139. The zero-order chi connectivity index (χ0) is 30.8. The molecule has 0 N–H and O–H groups in total. The number of rotatable bonds is 8. The predicted octanol–water partition coefficient (Wildman–Crippen LogP) is 6.30. The monoisotopic (exact) mass is 668 g/mol. The van der Waals surface area contributed by atoms with Crippen molar-refractivity contribution < 1.29 is 19.0 Å². The molecular weight excluding hydrogens is 640 g/mol. The minimum absolute atomic E-state index is 0.194. The molecule has 2 heterocycles. The van der Waals surface area contributed by atoms with Crippen LogP contribution in [0.15, 0.2) is 110 Å². The highest BCUT2D eigenvalue weighted by Gasteiger charge is 2.36. The molecule has 0 saturated heterocycles. The molecule has 44 heavy (non-hydrogen) atoms. The van der Waals surface area contributed by atoms with Crippen molar-refractivity contribution >= 4 is 50.1 Å². The van der Waals surface area contributed by atoms with Crippen LogP contribution in [0.1, 0.15) is 36.6 Å². The maximum absolute atomic E-state index is 14.2. The molecule has 0 radical (unpaired) electrons. The number of ether oxygens (including phenoxy) is 3. The summed E-state index contributed by atoms with van der Waals surface area (Å²) in [6.07, 6.45) is 1.83. The van der Waals surface area contributed by atoms with Gasteiger partial charge in [0.15, 0.2) is 4.80 Å². The van der Waals surface area contributed by atoms with E-state index in [1.54, 1.807) is 25.5 Å². The SMILES string of the molecule is CCOC(=O)C1=C(C)N=c2s/c(=C\c3ccc(OCc4ccccc4)c(Br)c3)c(=O)n2[C@@H]1c1c(OC)ccc2ccccc12. The quantitative estimate of drug-likeness (QED) is 0.181. The molecule has 1 atom stereocenters. The molecule has 222 valence electrons. The van der Waals surface area contributed by atoms with E-state index < -0.39 is 12.0 Å². The molecule has 0 bridgehead atoms. The van der Waals surface area contributed by atoms with Crippen molar-refractivity contribution in [3.8, 4) is 11.5 Å². The van der Waals surface area contributed by atoms with Crippen molar-refractivity contribution in [3.05, 3.63) is 137 Å². The molecule has 1 aromatic heterocycles. The normalized spacial score (nSPS) is 14.7. The standard InChI is InChI=1S/C35H29BrN2O5S/c1-4-42-34(40)30-21(2)37-35-38(32(30)31-25-13-9-8-12-24(25)15-17-28(31)41-3)33(39)29(44-35)19-23-14-16-27(26(36)18-23)43-20-22-10-6-5-7-11-22/h5-19,32H,4,20H2,1-3H3/b29-19-/t32-/m0/s1. The van der Waals surface area contributed by atoms with E-state index in [2.05, 4.69) is 15.9 Å². The van der Waals surface area contributed by atoms with Gasteiger partial charge in [0.2, 0.25) is 0 Å². The van der Waals surface area contributed by atoms with Crippen LogP contribution >= 0.6 is 27.3 Å². The molecule has 0 aliphatic carbocycles. The Morgan fingerprint density at radius 3 is 2.52 bits per heavy atom. The summed E-state index contributed by atoms with van der Waals surface area (Å²) in [7, 11) is 1.59. The fourth-order valence-corrected chi connectivity index (χ4v) is 6.97. The first kappa shape index (κ1) is 29.6. The van der Waals surface area contributed by atoms with Crippen LogP contribution in [0.3, 0.4) is 0 Å². The van der Waals surface area contributed by atoms with Crippen molar-refractivity contribution in [2.24, 2.45) is 4.99 Å². The largest absolute Gasteiger partial charge is 0.496 e. The van der Waals surface area contributed by atoms with E-state index in [0.29, 0.717) is 44.3 Å². The minimum atomic E-state index is -0.797. The van der Waals surface area contributed by atoms with Crippen molar-refractivity contribution in [2.75, 3.05) is 13.7 Å². The second-order valence-corrected chi connectivity index (χ2v) is 12.0. The molecule has 4 aromatic carbocycles. The Kier molecular flexibility index (Phi) is 8.50. The lowest BCUT2D eigenvalue weighted by Gasteiger charge is -2.27. The number of hydrogen-bond acceptors (Lipinski definition) is 7. The Morgan fingerprint density at radius 2 is 1.77 bits per heavy atom. The van der Waals surface area contributed by atoms with Gasteiger partial charge in [-0.25, -0.2) is 9.79 Å². The highest BCUT2D eigenvalue weighted by molar-refractivity contribution is 9.10.